The maximum Gasteiger partial charge on any atom is 0.263 e. The molecule has 148 valence electrons. The van der Waals surface area contributed by atoms with Gasteiger partial charge in [-0.05, 0) is 24.3 Å². The molecule has 0 bridgehead atoms. The normalized spacial score (nSPS) is 13.2. The van der Waals surface area contributed by atoms with Gasteiger partial charge in [0.15, 0.2) is 0 Å². The zero-order chi connectivity index (χ0) is 20.9. The highest BCUT2D eigenvalue weighted by atomic mass is 35.5. The number of rotatable bonds is 4. The quantitative estimate of drug-likeness (QED) is 0.296. The molecule has 2 aromatic carbocycles. The fourth-order valence-electron chi connectivity index (χ4n) is 2.84. The highest BCUT2D eigenvalue weighted by Crippen LogP contribution is 2.45. The maximum absolute atomic E-state index is 12.8. The predicted octanol–water partition coefficient (Wildman–Crippen LogP) is 5.16. The second-order valence-electron chi connectivity index (χ2n) is 5.93. The largest absolute Gasteiger partial charge is 0.497 e. The van der Waals surface area contributed by atoms with Crippen molar-refractivity contribution in [1.82, 2.24) is 15.1 Å². The molecular formula is C18H9Cl4N3O4. The molecule has 1 aliphatic rings. The monoisotopic (exact) mass is 471 g/mol. The Morgan fingerprint density at radius 3 is 1.97 bits per heavy atom. The summed E-state index contributed by atoms with van der Waals surface area (Å²) in [6.07, 6.45) is 0. The van der Waals surface area contributed by atoms with Crippen LogP contribution in [0.1, 0.15) is 26.6 Å². The van der Waals surface area contributed by atoms with E-state index in [1.165, 1.54) is 0 Å². The Morgan fingerprint density at radius 2 is 1.45 bits per heavy atom. The number of aromatic nitrogens is 2. The van der Waals surface area contributed by atoms with E-state index in [1.54, 1.807) is 31.4 Å². The molecule has 0 N–H and O–H groups in total. The van der Waals surface area contributed by atoms with E-state index in [0.717, 1.165) is 4.90 Å². The van der Waals surface area contributed by atoms with Crippen LogP contribution in [0.3, 0.4) is 0 Å². The first-order chi connectivity index (χ1) is 13.8. The first kappa shape index (κ1) is 20.0. The molecule has 3 aromatic rings. The molecule has 29 heavy (non-hydrogen) atoms. The number of imide groups is 1. The van der Waals surface area contributed by atoms with Gasteiger partial charge < -0.3 is 9.15 Å². The van der Waals surface area contributed by atoms with Crippen LogP contribution in [-0.2, 0) is 6.54 Å². The summed E-state index contributed by atoms with van der Waals surface area (Å²) < 4.78 is 10.7. The van der Waals surface area contributed by atoms with Gasteiger partial charge in [-0.25, -0.2) is 0 Å². The van der Waals surface area contributed by atoms with E-state index in [9.17, 15) is 9.59 Å². The van der Waals surface area contributed by atoms with Crippen LogP contribution < -0.4 is 4.74 Å². The Labute approximate surface area is 184 Å². The third-order valence-electron chi connectivity index (χ3n) is 4.28. The van der Waals surface area contributed by atoms with Crippen molar-refractivity contribution in [3.05, 3.63) is 61.4 Å². The average molecular weight is 473 g/mol. The predicted molar refractivity (Wildman–Crippen MR) is 107 cm³/mol. The highest BCUT2D eigenvalue weighted by molar-refractivity contribution is 6.55. The number of hydrogen-bond acceptors (Lipinski definition) is 6. The molecule has 2 amide bonds. The molecule has 1 aromatic heterocycles. The molecule has 2 heterocycles. The number of carbonyl (C=O) groups is 2. The Balaban J connectivity index is 1.63. The van der Waals surface area contributed by atoms with E-state index in [-0.39, 0.29) is 49.5 Å². The molecule has 0 saturated carbocycles. The van der Waals surface area contributed by atoms with Crippen LogP contribution in [0.5, 0.6) is 5.75 Å². The van der Waals surface area contributed by atoms with Crippen LogP contribution in [0.15, 0.2) is 28.7 Å². The van der Waals surface area contributed by atoms with E-state index in [0.29, 0.717) is 11.3 Å². The number of ether oxygens (including phenoxy) is 1. The van der Waals surface area contributed by atoms with Crippen molar-refractivity contribution >= 4 is 58.2 Å². The molecule has 0 fully saturated rings. The molecule has 11 heteroatoms. The topological polar surface area (TPSA) is 85.5 Å². The molecule has 7 nitrogen and oxygen atoms in total. The Hall–Kier alpha value is -2.32. The summed E-state index contributed by atoms with van der Waals surface area (Å²) in [5, 5.41) is 7.37. The fraction of sp³-hybridized carbons (Fsp3) is 0.111. The lowest BCUT2D eigenvalue weighted by Crippen LogP contribution is -2.29. The van der Waals surface area contributed by atoms with Crippen molar-refractivity contribution in [2.45, 2.75) is 6.54 Å². The van der Waals surface area contributed by atoms with Crippen molar-refractivity contribution in [1.29, 1.82) is 0 Å². The molecule has 0 aliphatic carbocycles. The standard InChI is InChI=1S/C18H9Cl4N3O4/c1-28-8-4-2-7(3-5-8)16-24-23-9(29-16)6-25-17(26)10-11(18(25)27)13(20)15(22)14(21)12(10)19/h2-5H,6H2,1H3. The SMILES string of the molecule is COc1ccc(-c2nnc(CN3C(=O)c4c(Cl)c(Cl)c(Cl)c(Cl)c4C3=O)o2)cc1. The van der Waals surface area contributed by atoms with Gasteiger partial charge in [0.05, 0.1) is 38.3 Å². The zero-order valence-electron chi connectivity index (χ0n) is 14.5. The van der Waals surface area contributed by atoms with Gasteiger partial charge in [-0.2, -0.15) is 0 Å². The minimum Gasteiger partial charge on any atom is -0.497 e. The van der Waals surface area contributed by atoms with Crippen LogP contribution in [0, 0.1) is 0 Å². The summed E-state index contributed by atoms with van der Waals surface area (Å²) in [5.74, 6) is -0.416. The lowest BCUT2D eigenvalue weighted by Gasteiger charge is -2.10. The number of nitrogens with zero attached hydrogens (tertiary/aromatic N) is 3. The number of hydrogen-bond donors (Lipinski definition) is 0. The van der Waals surface area contributed by atoms with E-state index in [1.807, 2.05) is 0 Å². The molecule has 4 rings (SSSR count). The Kier molecular flexibility index (Phi) is 5.16. The summed E-state index contributed by atoms with van der Waals surface area (Å²) in [4.78, 5) is 26.4. The van der Waals surface area contributed by atoms with Crippen molar-refractivity contribution in [2.24, 2.45) is 0 Å². The minimum absolute atomic E-state index is 0.0507. The van der Waals surface area contributed by atoms with Gasteiger partial charge in [-0.1, -0.05) is 46.4 Å². The summed E-state index contributed by atoms with van der Waals surface area (Å²) in [5.41, 5.74) is 0.438. The molecule has 1 aliphatic heterocycles. The second kappa shape index (κ2) is 7.50. The lowest BCUT2D eigenvalue weighted by atomic mass is 10.1. The maximum atomic E-state index is 12.8. The average Bonchev–Trinajstić information content (AvgIpc) is 3.29. The van der Waals surface area contributed by atoms with Crippen LogP contribution >= 0.6 is 46.4 Å². The van der Waals surface area contributed by atoms with Crippen molar-refractivity contribution < 1.29 is 18.7 Å². The second-order valence-corrected chi connectivity index (χ2v) is 7.44. The zero-order valence-corrected chi connectivity index (χ0v) is 17.5. The summed E-state index contributed by atoms with van der Waals surface area (Å²) in [6.45, 7) is -0.266. The minimum atomic E-state index is -0.681. The van der Waals surface area contributed by atoms with Crippen LogP contribution in [0.25, 0.3) is 11.5 Å². The molecule has 0 unspecified atom stereocenters. The van der Waals surface area contributed by atoms with E-state index >= 15 is 0 Å². The van der Waals surface area contributed by atoms with Crippen molar-refractivity contribution in [3.8, 4) is 17.2 Å². The fourth-order valence-corrected chi connectivity index (χ4v) is 3.86. The van der Waals surface area contributed by atoms with Gasteiger partial charge in [-0.3, -0.25) is 14.5 Å². The van der Waals surface area contributed by atoms with Crippen molar-refractivity contribution in [3.63, 3.8) is 0 Å². The van der Waals surface area contributed by atoms with Crippen LogP contribution in [0.2, 0.25) is 20.1 Å². The molecule has 0 saturated heterocycles. The first-order valence-corrected chi connectivity index (χ1v) is 9.53. The Morgan fingerprint density at radius 1 is 0.897 bits per heavy atom. The molecule has 0 radical (unpaired) electrons. The van der Waals surface area contributed by atoms with Gasteiger partial charge in [0.1, 0.15) is 12.3 Å². The van der Waals surface area contributed by atoms with Crippen molar-refractivity contribution in [2.75, 3.05) is 7.11 Å². The molecule has 0 atom stereocenters. The smallest absolute Gasteiger partial charge is 0.263 e. The molecular weight excluding hydrogens is 464 g/mol. The number of fused-ring (bicyclic) bond motifs is 1. The van der Waals surface area contributed by atoms with Gasteiger partial charge in [0.2, 0.25) is 11.8 Å². The van der Waals surface area contributed by atoms with Crippen LogP contribution in [0.4, 0.5) is 0 Å². The number of benzene rings is 2. The highest BCUT2D eigenvalue weighted by Gasteiger charge is 2.42. The Bertz CT molecular complexity index is 1110. The van der Waals surface area contributed by atoms with Gasteiger partial charge in [0.25, 0.3) is 11.8 Å². The number of carbonyl (C=O) groups excluding carboxylic acids is 2. The van der Waals surface area contributed by atoms with Gasteiger partial charge in [-0.15, -0.1) is 10.2 Å². The third-order valence-corrected chi connectivity index (χ3v) is 6.08. The lowest BCUT2D eigenvalue weighted by molar-refractivity contribution is 0.0629. The van der Waals surface area contributed by atoms with Crippen LogP contribution in [-0.4, -0.2) is 34.0 Å². The van der Waals surface area contributed by atoms with Gasteiger partial charge >= 0.3 is 0 Å². The van der Waals surface area contributed by atoms with E-state index in [2.05, 4.69) is 10.2 Å². The summed E-state index contributed by atoms with van der Waals surface area (Å²) in [6, 6.07) is 6.95. The number of methoxy groups -OCH3 is 1. The van der Waals surface area contributed by atoms with E-state index in [4.69, 9.17) is 55.6 Å². The third kappa shape index (κ3) is 3.24. The number of halogens is 4. The van der Waals surface area contributed by atoms with E-state index < -0.39 is 11.8 Å². The first-order valence-electron chi connectivity index (χ1n) is 8.02. The summed E-state index contributed by atoms with van der Waals surface area (Å²) in [7, 11) is 1.56. The van der Waals surface area contributed by atoms with Gasteiger partial charge in [0, 0.05) is 5.56 Å². The number of amides is 2. The molecule has 0 spiro atoms. The summed E-state index contributed by atoms with van der Waals surface area (Å²) >= 11 is 24.2.